The summed E-state index contributed by atoms with van der Waals surface area (Å²) in [7, 11) is 1.62. The normalized spacial score (nSPS) is 18.2. The number of methoxy groups -OCH3 is 1. The van der Waals surface area contributed by atoms with Crippen molar-refractivity contribution in [1.82, 2.24) is 10.3 Å². The fraction of sp³-hybridized carbons (Fsp3) is 0.481. The molecule has 0 spiro atoms. The van der Waals surface area contributed by atoms with Gasteiger partial charge in [-0.1, -0.05) is 36.8 Å². The van der Waals surface area contributed by atoms with E-state index in [1.165, 1.54) is 0 Å². The first-order chi connectivity index (χ1) is 16.3. The monoisotopic (exact) mass is 468 g/mol. The molecule has 7 nitrogen and oxygen atoms in total. The maximum Gasteiger partial charge on any atom is 0.276 e. The highest BCUT2D eigenvalue weighted by molar-refractivity contribution is 6.08. The number of amides is 1. The van der Waals surface area contributed by atoms with Crippen molar-refractivity contribution < 1.29 is 14.6 Å². The van der Waals surface area contributed by atoms with Crippen LogP contribution >= 0.6 is 0 Å². The standard InChI is InChI=1S/C27H40N4O3/c1-6-8-10-21(7-2)11-9-12-23(20(4)32)18-31-26(19(3)28)27(33)29-25(30-31)17-22-13-15-24(34-5)16-14-22/h6-8,13-16,20-21,23,32H,2,9-12,17-18,28H2,1,3-5H3,(H,29,30,33)/b8-6-,26-19-. The van der Waals surface area contributed by atoms with Crippen LogP contribution in [0, 0.1) is 11.8 Å². The molecule has 0 aliphatic carbocycles. The summed E-state index contributed by atoms with van der Waals surface area (Å²) in [6.45, 7) is 9.87. The lowest BCUT2D eigenvalue weighted by Gasteiger charge is -2.32. The maximum absolute atomic E-state index is 12.9. The predicted molar refractivity (Wildman–Crippen MR) is 138 cm³/mol. The highest BCUT2D eigenvalue weighted by Crippen LogP contribution is 2.24. The molecule has 0 saturated carbocycles. The fourth-order valence-electron chi connectivity index (χ4n) is 4.05. The first kappa shape index (κ1) is 27.2. The van der Waals surface area contributed by atoms with E-state index in [0.29, 0.717) is 36.1 Å². The minimum Gasteiger partial charge on any atom is -0.497 e. The Kier molecular flexibility index (Phi) is 10.9. The number of aliphatic hydroxyl groups is 1. The van der Waals surface area contributed by atoms with Gasteiger partial charge in [0.15, 0.2) is 0 Å². The molecule has 0 aromatic heterocycles. The molecule has 0 saturated heterocycles. The number of benzene rings is 1. The van der Waals surface area contributed by atoms with Gasteiger partial charge in [0.1, 0.15) is 17.3 Å². The van der Waals surface area contributed by atoms with Gasteiger partial charge < -0.3 is 20.9 Å². The second-order valence-corrected chi connectivity index (χ2v) is 8.87. The van der Waals surface area contributed by atoms with Crippen molar-refractivity contribution in [2.45, 2.75) is 59.0 Å². The van der Waals surface area contributed by atoms with Gasteiger partial charge in [0.05, 0.1) is 13.2 Å². The molecule has 0 radical (unpaired) electrons. The van der Waals surface area contributed by atoms with E-state index in [1.807, 2.05) is 37.3 Å². The van der Waals surface area contributed by atoms with Gasteiger partial charge in [-0.25, -0.2) is 0 Å². The molecule has 1 heterocycles. The Balaban J connectivity index is 2.15. The zero-order valence-corrected chi connectivity index (χ0v) is 21.0. The van der Waals surface area contributed by atoms with Crippen LogP contribution in [0.2, 0.25) is 0 Å². The minimum atomic E-state index is -0.540. The second-order valence-electron chi connectivity index (χ2n) is 8.87. The first-order valence-corrected chi connectivity index (χ1v) is 12.0. The molecule has 2 rings (SSSR count). The fourth-order valence-corrected chi connectivity index (χ4v) is 4.05. The number of carbonyl (C=O) groups excluding carboxylic acids is 1. The third-order valence-corrected chi connectivity index (χ3v) is 6.12. The minimum absolute atomic E-state index is 0.0570. The van der Waals surface area contributed by atoms with E-state index in [0.717, 1.165) is 37.0 Å². The summed E-state index contributed by atoms with van der Waals surface area (Å²) in [5.41, 5.74) is 7.78. The third-order valence-electron chi connectivity index (χ3n) is 6.12. The molecule has 1 amide bonds. The van der Waals surface area contributed by atoms with E-state index < -0.39 is 6.10 Å². The SMILES string of the molecule is C=CC(C/C=C\C)CCCC(CN1N=C(Cc2ccc(OC)cc2)NC(=O)/C1=C(\C)N)C(C)O. The number of nitrogens with two attached hydrogens (primary N) is 1. The zero-order chi connectivity index (χ0) is 25.1. The quantitative estimate of drug-likeness (QED) is 0.299. The number of rotatable bonds is 13. The second kappa shape index (κ2) is 13.6. The van der Waals surface area contributed by atoms with Gasteiger partial charge in [-0.15, -0.1) is 6.58 Å². The van der Waals surface area contributed by atoms with Crippen molar-refractivity contribution in [3.63, 3.8) is 0 Å². The number of hydrazone groups is 1. The Hall–Kier alpha value is -3.06. The van der Waals surface area contributed by atoms with Crippen LogP contribution in [-0.2, 0) is 11.2 Å². The molecular formula is C27H40N4O3. The molecule has 3 atom stereocenters. The van der Waals surface area contributed by atoms with Gasteiger partial charge in [-0.3, -0.25) is 9.80 Å². The largest absolute Gasteiger partial charge is 0.497 e. The van der Waals surface area contributed by atoms with Crippen molar-refractivity contribution in [3.8, 4) is 5.75 Å². The van der Waals surface area contributed by atoms with E-state index in [4.69, 9.17) is 15.6 Å². The van der Waals surface area contributed by atoms with Crippen molar-refractivity contribution >= 4 is 11.7 Å². The summed E-state index contributed by atoms with van der Waals surface area (Å²) < 4.78 is 5.21. The lowest BCUT2D eigenvalue weighted by molar-refractivity contribution is -0.118. The predicted octanol–water partition coefficient (Wildman–Crippen LogP) is 4.11. The number of amidine groups is 1. The van der Waals surface area contributed by atoms with Crippen LogP contribution in [0.15, 0.2) is 65.6 Å². The molecule has 0 fully saturated rings. The van der Waals surface area contributed by atoms with E-state index in [-0.39, 0.29) is 11.8 Å². The van der Waals surface area contributed by atoms with Gasteiger partial charge in [0.25, 0.3) is 5.91 Å². The number of hydrogen-bond donors (Lipinski definition) is 3. The maximum atomic E-state index is 12.9. The van der Waals surface area contributed by atoms with Crippen LogP contribution in [0.3, 0.4) is 0 Å². The van der Waals surface area contributed by atoms with E-state index in [1.54, 1.807) is 26.0 Å². The van der Waals surface area contributed by atoms with Crippen LogP contribution in [0.25, 0.3) is 0 Å². The number of carbonyl (C=O) groups is 1. The van der Waals surface area contributed by atoms with Crippen LogP contribution in [0.4, 0.5) is 0 Å². The molecule has 186 valence electrons. The Morgan fingerprint density at radius 1 is 1.32 bits per heavy atom. The lowest BCUT2D eigenvalue weighted by atomic mass is 9.91. The number of aliphatic hydroxyl groups excluding tert-OH is 1. The topological polar surface area (TPSA) is 100 Å². The molecule has 0 bridgehead atoms. The average Bonchev–Trinajstić information content (AvgIpc) is 2.80. The van der Waals surface area contributed by atoms with E-state index in [9.17, 15) is 9.90 Å². The van der Waals surface area contributed by atoms with Gasteiger partial charge in [0.2, 0.25) is 0 Å². The molecule has 4 N–H and O–H groups in total. The van der Waals surface area contributed by atoms with Crippen LogP contribution in [0.5, 0.6) is 5.75 Å². The molecule has 34 heavy (non-hydrogen) atoms. The Bertz CT molecular complexity index is 899. The molecule has 7 heteroatoms. The number of nitrogens with one attached hydrogen (secondary N) is 1. The molecule has 1 aliphatic heterocycles. The van der Waals surface area contributed by atoms with E-state index >= 15 is 0 Å². The van der Waals surface area contributed by atoms with Gasteiger partial charge in [0, 0.05) is 24.6 Å². The van der Waals surface area contributed by atoms with Crippen molar-refractivity contribution in [1.29, 1.82) is 0 Å². The van der Waals surface area contributed by atoms with Crippen molar-refractivity contribution in [3.05, 3.63) is 66.0 Å². The van der Waals surface area contributed by atoms with Crippen LogP contribution in [0.1, 0.15) is 52.0 Å². The van der Waals surface area contributed by atoms with E-state index in [2.05, 4.69) is 24.0 Å². The number of hydrogen-bond acceptors (Lipinski definition) is 6. The van der Waals surface area contributed by atoms with Crippen LogP contribution < -0.4 is 15.8 Å². The Morgan fingerprint density at radius 3 is 2.59 bits per heavy atom. The average molecular weight is 469 g/mol. The summed E-state index contributed by atoms with van der Waals surface area (Å²) in [4.78, 5) is 12.9. The molecule has 3 unspecified atom stereocenters. The zero-order valence-electron chi connectivity index (χ0n) is 21.0. The number of allylic oxidation sites excluding steroid dienone is 4. The lowest BCUT2D eigenvalue weighted by Crippen LogP contribution is -2.47. The summed E-state index contributed by atoms with van der Waals surface area (Å²) >= 11 is 0. The van der Waals surface area contributed by atoms with Crippen molar-refractivity contribution in [2.24, 2.45) is 22.7 Å². The van der Waals surface area contributed by atoms with Crippen LogP contribution in [-0.4, -0.2) is 41.6 Å². The smallest absolute Gasteiger partial charge is 0.276 e. The van der Waals surface area contributed by atoms with Crippen molar-refractivity contribution in [2.75, 3.05) is 13.7 Å². The molecule has 1 aromatic carbocycles. The third kappa shape index (κ3) is 8.06. The van der Waals surface area contributed by atoms with Gasteiger partial charge in [-0.2, -0.15) is 5.10 Å². The number of ether oxygens (including phenoxy) is 1. The summed E-state index contributed by atoms with van der Waals surface area (Å²) in [5, 5.41) is 19.7. The molecule has 1 aromatic rings. The first-order valence-electron chi connectivity index (χ1n) is 12.0. The Morgan fingerprint density at radius 2 is 2.03 bits per heavy atom. The molecular weight excluding hydrogens is 428 g/mol. The van der Waals surface area contributed by atoms with Gasteiger partial charge in [-0.05, 0) is 63.6 Å². The Labute approximate surface area is 204 Å². The molecule has 1 aliphatic rings. The summed E-state index contributed by atoms with van der Waals surface area (Å²) in [5.74, 6) is 1.40. The highest BCUT2D eigenvalue weighted by atomic mass is 16.5. The highest BCUT2D eigenvalue weighted by Gasteiger charge is 2.29. The summed E-state index contributed by atoms with van der Waals surface area (Å²) in [6.07, 6.45) is 9.89. The summed E-state index contributed by atoms with van der Waals surface area (Å²) in [6, 6.07) is 7.65. The number of nitrogens with zero attached hydrogens (tertiary/aromatic N) is 2. The van der Waals surface area contributed by atoms with Gasteiger partial charge >= 0.3 is 0 Å².